The minimum atomic E-state index is -0.916. The van der Waals surface area contributed by atoms with Crippen molar-refractivity contribution in [2.75, 3.05) is 18.5 Å². The second-order valence-corrected chi connectivity index (χ2v) is 5.04. The molecular formula is C13H17F2N3O2. The van der Waals surface area contributed by atoms with Crippen LogP contribution >= 0.6 is 0 Å². The van der Waals surface area contributed by atoms with Gasteiger partial charge in [0, 0.05) is 18.7 Å². The normalized spacial score (nSPS) is 22.8. The van der Waals surface area contributed by atoms with Gasteiger partial charge in [-0.2, -0.15) is 0 Å². The third-order valence-electron chi connectivity index (χ3n) is 3.58. The van der Waals surface area contributed by atoms with E-state index in [-0.39, 0.29) is 11.5 Å². The molecule has 1 saturated heterocycles. The highest BCUT2D eigenvalue weighted by Crippen LogP contribution is 2.23. The van der Waals surface area contributed by atoms with Gasteiger partial charge in [-0.15, -0.1) is 0 Å². The molecule has 0 aliphatic carbocycles. The lowest BCUT2D eigenvalue weighted by molar-refractivity contribution is 0.0297. The quantitative estimate of drug-likeness (QED) is 0.561. The number of rotatable bonds is 2. The first-order valence-electron chi connectivity index (χ1n) is 6.37. The molecule has 110 valence electrons. The van der Waals surface area contributed by atoms with Crippen LogP contribution in [0, 0.1) is 17.6 Å². The average Bonchev–Trinajstić information content (AvgIpc) is 2.40. The van der Waals surface area contributed by atoms with Crippen molar-refractivity contribution < 1.29 is 18.7 Å². The summed E-state index contributed by atoms with van der Waals surface area (Å²) in [4.78, 5) is 13.7. The zero-order valence-electron chi connectivity index (χ0n) is 11.1. The Balaban J connectivity index is 2.21. The lowest BCUT2D eigenvalue weighted by atomic mass is 9.96. The lowest BCUT2D eigenvalue weighted by Crippen LogP contribution is -2.45. The Hall–Kier alpha value is -1.73. The largest absolute Gasteiger partial charge is 0.393 e. The highest BCUT2D eigenvalue weighted by molar-refractivity contribution is 5.94. The summed E-state index contributed by atoms with van der Waals surface area (Å²) in [5.74, 6) is 2.65. The van der Waals surface area contributed by atoms with E-state index in [9.17, 15) is 18.7 Å². The van der Waals surface area contributed by atoms with E-state index in [4.69, 9.17) is 5.84 Å². The summed E-state index contributed by atoms with van der Waals surface area (Å²) in [6, 6.07) is 1.91. The molecule has 4 N–H and O–H groups in total. The van der Waals surface area contributed by atoms with Crippen LogP contribution in [0.3, 0.4) is 0 Å². The van der Waals surface area contributed by atoms with Gasteiger partial charge in [-0.3, -0.25) is 10.6 Å². The van der Waals surface area contributed by atoms with Crippen LogP contribution in [0.4, 0.5) is 14.5 Å². The number of nitrogens with two attached hydrogens (primary N) is 1. The molecule has 20 heavy (non-hydrogen) atoms. The Morgan fingerprint density at radius 3 is 2.55 bits per heavy atom. The Morgan fingerprint density at radius 1 is 1.45 bits per heavy atom. The van der Waals surface area contributed by atoms with E-state index in [0.717, 1.165) is 12.1 Å². The van der Waals surface area contributed by atoms with Gasteiger partial charge in [-0.1, -0.05) is 6.92 Å². The number of nitrogens with one attached hydrogen (secondary N) is 1. The maximum Gasteiger partial charge on any atom is 0.254 e. The molecule has 1 aliphatic heterocycles. The number of aliphatic hydroxyl groups excluding tert-OH is 1. The molecule has 7 heteroatoms. The minimum Gasteiger partial charge on any atom is -0.393 e. The Morgan fingerprint density at radius 2 is 2.05 bits per heavy atom. The van der Waals surface area contributed by atoms with Gasteiger partial charge in [-0.05, 0) is 24.5 Å². The van der Waals surface area contributed by atoms with Crippen LogP contribution in [0.1, 0.15) is 23.7 Å². The first-order chi connectivity index (χ1) is 9.43. The van der Waals surface area contributed by atoms with Crippen LogP contribution in [-0.4, -0.2) is 35.1 Å². The Labute approximate surface area is 115 Å². The van der Waals surface area contributed by atoms with Crippen molar-refractivity contribution in [3.8, 4) is 0 Å². The Bertz CT molecular complexity index is 501. The number of hydrazine groups is 1. The molecule has 1 amide bonds. The predicted molar refractivity (Wildman–Crippen MR) is 69.9 cm³/mol. The second-order valence-electron chi connectivity index (χ2n) is 5.04. The summed E-state index contributed by atoms with van der Waals surface area (Å²) >= 11 is 0. The van der Waals surface area contributed by atoms with Crippen molar-refractivity contribution in [3.05, 3.63) is 29.3 Å². The number of piperidine rings is 1. The zero-order valence-corrected chi connectivity index (χ0v) is 11.1. The number of nitrogens with zero attached hydrogens (tertiary/aromatic N) is 1. The molecule has 1 aromatic rings. The monoisotopic (exact) mass is 285 g/mol. The average molecular weight is 285 g/mol. The maximum atomic E-state index is 13.6. The van der Waals surface area contributed by atoms with Gasteiger partial charge in [0.2, 0.25) is 0 Å². The number of likely N-dealkylation sites (tertiary alicyclic amines) is 1. The third kappa shape index (κ3) is 2.73. The topological polar surface area (TPSA) is 78.6 Å². The van der Waals surface area contributed by atoms with Gasteiger partial charge >= 0.3 is 0 Å². The van der Waals surface area contributed by atoms with Crippen LogP contribution in [-0.2, 0) is 0 Å². The van der Waals surface area contributed by atoms with Crippen molar-refractivity contribution in [3.63, 3.8) is 0 Å². The number of nitrogen functional groups attached to an aromatic ring is 1. The lowest BCUT2D eigenvalue weighted by Gasteiger charge is -2.34. The number of carbonyl (C=O) groups excluding carboxylic acids is 1. The first kappa shape index (κ1) is 14.7. The molecule has 2 rings (SSSR count). The standard InChI is InChI=1S/C13H17F2N3O2/c1-7-6-18(3-2-11(7)19)13(20)8-4-9(14)12(17-16)10(15)5-8/h4-5,7,11,17,19H,2-3,6,16H2,1H3. The molecule has 1 aliphatic rings. The minimum absolute atomic E-state index is 0.0626. The molecule has 1 aromatic carbocycles. The van der Waals surface area contributed by atoms with Crippen molar-refractivity contribution in [1.29, 1.82) is 0 Å². The van der Waals surface area contributed by atoms with Gasteiger partial charge < -0.3 is 15.4 Å². The number of hydrogen-bond acceptors (Lipinski definition) is 4. The number of aliphatic hydroxyl groups is 1. The number of benzene rings is 1. The number of amides is 1. The van der Waals surface area contributed by atoms with E-state index in [0.29, 0.717) is 19.5 Å². The second kappa shape index (κ2) is 5.72. The molecule has 0 aromatic heterocycles. The number of anilines is 1. The number of hydrogen-bond donors (Lipinski definition) is 3. The van der Waals surface area contributed by atoms with E-state index in [1.165, 1.54) is 4.90 Å². The number of carbonyl (C=O) groups is 1. The van der Waals surface area contributed by atoms with E-state index >= 15 is 0 Å². The van der Waals surface area contributed by atoms with Crippen molar-refractivity contribution in [2.24, 2.45) is 11.8 Å². The third-order valence-corrected chi connectivity index (χ3v) is 3.58. The predicted octanol–water partition coefficient (Wildman–Crippen LogP) is 1.09. The van der Waals surface area contributed by atoms with Gasteiger partial charge in [0.15, 0.2) is 11.6 Å². The zero-order chi connectivity index (χ0) is 14.9. The summed E-state index contributed by atoms with van der Waals surface area (Å²) in [5.41, 5.74) is 1.38. The van der Waals surface area contributed by atoms with Gasteiger partial charge in [0.25, 0.3) is 5.91 Å². The smallest absolute Gasteiger partial charge is 0.254 e. The fourth-order valence-electron chi connectivity index (χ4n) is 2.33. The summed E-state index contributed by atoms with van der Waals surface area (Å²) in [6.45, 7) is 2.55. The van der Waals surface area contributed by atoms with Gasteiger partial charge in [0.1, 0.15) is 5.69 Å². The van der Waals surface area contributed by atoms with Crippen molar-refractivity contribution in [1.82, 2.24) is 4.90 Å². The highest BCUT2D eigenvalue weighted by atomic mass is 19.1. The van der Waals surface area contributed by atoms with Crippen LogP contribution < -0.4 is 11.3 Å². The van der Waals surface area contributed by atoms with Gasteiger partial charge in [-0.25, -0.2) is 8.78 Å². The molecular weight excluding hydrogens is 268 g/mol. The summed E-state index contributed by atoms with van der Waals surface area (Å²) in [6.07, 6.45) is 0.0108. The molecule has 2 atom stereocenters. The van der Waals surface area contributed by atoms with Crippen molar-refractivity contribution in [2.45, 2.75) is 19.4 Å². The van der Waals surface area contributed by atoms with E-state index in [1.54, 1.807) is 0 Å². The molecule has 1 fully saturated rings. The molecule has 0 saturated carbocycles. The molecule has 2 unspecified atom stereocenters. The summed E-state index contributed by atoms with van der Waals surface area (Å²) < 4.78 is 27.2. The Kier molecular flexibility index (Phi) is 4.20. The van der Waals surface area contributed by atoms with E-state index < -0.39 is 29.3 Å². The fourth-order valence-corrected chi connectivity index (χ4v) is 2.33. The van der Waals surface area contributed by atoms with Crippen LogP contribution in [0.25, 0.3) is 0 Å². The molecule has 0 spiro atoms. The highest BCUT2D eigenvalue weighted by Gasteiger charge is 2.28. The van der Waals surface area contributed by atoms with E-state index in [1.807, 2.05) is 12.3 Å². The molecule has 0 bridgehead atoms. The summed E-state index contributed by atoms with van der Waals surface area (Å²) in [5, 5.41) is 9.62. The van der Waals surface area contributed by atoms with E-state index in [2.05, 4.69) is 0 Å². The van der Waals surface area contributed by atoms with Crippen LogP contribution in [0.2, 0.25) is 0 Å². The van der Waals surface area contributed by atoms with Gasteiger partial charge in [0.05, 0.1) is 6.10 Å². The maximum absolute atomic E-state index is 13.6. The molecule has 0 radical (unpaired) electrons. The molecule has 1 heterocycles. The summed E-state index contributed by atoms with van der Waals surface area (Å²) in [7, 11) is 0. The van der Waals surface area contributed by atoms with Crippen LogP contribution in [0.5, 0.6) is 0 Å². The fraction of sp³-hybridized carbons (Fsp3) is 0.462. The number of halogens is 2. The molecule has 5 nitrogen and oxygen atoms in total. The van der Waals surface area contributed by atoms with Crippen LogP contribution in [0.15, 0.2) is 12.1 Å². The van der Waals surface area contributed by atoms with Crippen molar-refractivity contribution >= 4 is 11.6 Å². The SMILES string of the molecule is CC1CN(C(=O)c2cc(F)c(NN)c(F)c2)CCC1O. The first-order valence-corrected chi connectivity index (χ1v) is 6.37.